The van der Waals surface area contributed by atoms with Crippen molar-refractivity contribution in [2.45, 2.75) is 25.6 Å². The summed E-state index contributed by atoms with van der Waals surface area (Å²) >= 11 is 0. The highest BCUT2D eigenvalue weighted by Crippen LogP contribution is 2.33. The van der Waals surface area contributed by atoms with Crippen LogP contribution in [0.3, 0.4) is 0 Å². The topological polar surface area (TPSA) is 74.1 Å². The first-order valence-electron chi connectivity index (χ1n) is 10.1. The quantitative estimate of drug-likeness (QED) is 0.549. The van der Waals surface area contributed by atoms with Gasteiger partial charge in [-0.1, -0.05) is 47.6 Å². The fraction of sp³-hybridized carbons (Fsp3) is 0.261. The molecule has 30 heavy (non-hydrogen) atoms. The number of imidazole rings is 1. The number of nitrogens with one attached hydrogen (secondary N) is 1. The summed E-state index contributed by atoms with van der Waals surface area (Å²) in [5.74, 6) is 1.25. The van der Waals surface area contributed by atoms with Crippen LogP contribution < -0.4 is 4.90 Å². The Kier molecular flexibility index (Phi) is 4.80. The summed E-state index contributed by atoms with van der Waals surface area (Å²) in [4.78, 5) is 17.0. The van der Waals surface area contributed by atoms with E-state index in [4.69, 9.17) is 9.51 Å². The third-order valence-corrected chi connectivity index (χ3v) is 5.59. The maximum absolute atomic E-state index is 5.72. The lowest BCUT2D eigenvalue weighted by molar-refractivity contribution is 0.128. The van der Waals surface area contributed by atoms with Gasteiger partial charge in [0, 0.05) is 44.9 Å². The number of aromatic amines is 1. The van der Waals surface area contributed by atoms with Crippen LogP contribution in [0.4, 0.5) is 5.69 Å². The molecule has 2 aromatic carbocycles. The zero-order valence-electron chi connectivity index (χ0n) is 17.1. The fourth-order valence-electron chi connectivity index (χ4n) is 3.91. The van der Waals surface area contributed by atoms with E-state index in [0.717, 1.165) is 36.5 Å². The number of fused-ring (bicyclic) bond motifs is 1. The molecule has 0 aliphatic carbocycles. The van der Waals surface area contributed by atoms with Crippen molar-refractivity contribution < 1.29 is 4.52 Å². The van der Waals surface area contributed by atoms with Crippen LogP contribution in [0.15, 0.2) is 65.4 Å². The smallest absolute Gasteiger partial charge is 0.244 e. The molecule has 1 aliphatic rings. The van der Waals surface area contributed by atoms with E-state index < -0.39 is 0 Å². The van der Waals surface area contributed by atoms with Crippen molar-refractivity contribution in [2.75, 3.05) is 19.0 Å². The number of H-pyrrole nitrogens is 1. The molecule has 0 bridgehead atoms. The lowest BCUT2D eigenvalue weighted by atomic mass is 10.0. The van der Waals surface area contributed by atoms with E-state index in [-0.39, 0.29) is 6.04 Å². The standard InChI is InChI=1S/C23H24N6O/c1-28(2)18-10-8-16(9-11-18)13-29-14-20-19(24-15-25-20)12-21(29)23-26-22(27-30-23)17-6-4-3-5-7-17/h3-11,15,21H,12-14H2,1-2H3,(H,24,25). The van der Waals surface area contributed by atoms with Crippen molar-refractivity contribution in [1.29, 1.82) is 0 Å². The number of nitrogens with zero attached hydrogens (tertiary/aromatic N) is 5. The average Bonchev–Trinajstić information content (AvgIpc) is 3.43. The van der Waals surface area contributed by atoms with Gasteiger partial charge in [0.2, 0.25) is 11.7 Å². The highest BCUT2D eigenvalue weighted by Gasteiger charge is 2.33. The Bertz CT molecular complexity index is 1120. The molecule has 4 aromatic rings. The van der Waals surface area contributed by atoms with Crippen LogP contribution in [-0.4, -0.2) is 39.1 Å². The minimum Gasteiger partial charge on any atom is -0.378 e. The normalized spacial score (nSPS) is 16.4. The van der Waals surface area contributed by atoms with E-state index in [2.05, 4.69) is 63.3 Å². The number of hydrogen-bond acceptors (Lipinski definition) is 6. The van der Waals surface area contributed by atoms with Gasteiger partial charge in [-0.05, 0) is 17.7 Å². The summed E-state index contributed by atoms with van der Waals surface area (Å²) in [6, 6.07) is 18.6. The Morgan fingerprint density at radius 1 is 1.10 bits per heavy atom. The SMILES string of the molecule is CN(C)c1ccc(CN2Cc3[nH]cnc3CC2c2nc(-c3ccccc3)no2)cc1. The molecular weight excluding hydrogens is 376 g/mol. The van der Waals surface area contributed by atoms with Crippen molar-refractivity contribution in [2.24, 2.45) is 0 Å². The Balaban J connectivity index is 1.43. The first-order valence-corrected chi connectivity index (χ1v) is 10.1. The molecule has 1 N–H and O–H groups in total. The fourth-order valence-corrected chi connectivity index (χ4v) is 3.91. The summed E-state index contributed by atoms with van der Waals surface area (Å²) in [7, 11) is 4.10. The zero-order valence-corrected chi connectivity index (χ0v) is 17.1. The van der Waals surface area contributed by atoms with Crippen molar-refractivity contribution in [1.82, 2.24) is 25.0 Å². The van der Waals surface area contributed by atoms with Crippen molar-refractivity contribution in [3.63, 3.8) is 0 Å². The van der Waals surface area contributed by atoms with Gasteiger partial charge >= 0.3 is 0 Å². The number of anilines is 1. The van der Waals surface area contributed by atoms with Crippen LogP contribution in [0, 0.1) is 0 Å². The second-order valence-corrected chi connectivity index (χ2v) is 7.84. The highest BCUT2D eigenvalue weighted by atomic mass is 16.5. The third-order valence-electron chi connectivity index (χ3n) is 5.59. The number of hydrogen-bond donors (Lipinski definition) is 1. The van der Waals surface area contributed by atoms with E-state index in [1.165, 1.54) is 11.3 Å². The predicted octanol–water partition coefficient (Wildman–Crippen LogP) is 3.83. The van der Waals surface area contributed by atoms with Crippen LogP contribution in [0.1, 0.15) is 28.9 Å². The molecule has 7 nitrogen and oxygen atoms in total. The van der Waals surface area contributed by atoms with E-state index >= 15 is 0 Å². The Hall–Kier alpha value is -3.45. The van der Waals surface area contributed by atoms with Gasteiger partial charge in [0.25, 0.3) is 0 Å². The van der Waals surface area contributed by atoms with Gasteiger partial charge in [0.05, 0.1) is 23.8 Å². The van der Waals surface area contributed by atoms with E-state index in [0.29, 0.717) is 11.7 Å². The molecule has 5 rings (SSSR count). The average molecular weight is 400 g/mol. The largest absolute Gasteiger partial charge is 0.378 e. The molecule has 152 valence electrons. The second-order valence-electron chi connectivity index (χ2n) is 7.84. The summed E-state index contributed by atoms with van der Waals surface area (Å²) < 4.78 is 5.72. The number of rotatable bonds is 5. The van der Waals surface area contributed by atoms with Gasteiger partial charge in [-0.3, -0.25) is 4.90 Å². The molecule has 2 aromatic heterocycles. The first-order chi connectivity index (χ1) is 14.7. The number of aromatic nitrogens is 4. The molecule has 0 amide bonds. The summed E-state index contributed by atoms with van der Waals surface area (Å²) in [6.07, 6.45) is 2.51. The maximum Gasteiger partial charge on any atom is 0.244 e. The van der Waals surface area contributed by atoms with Crippen molar-refractivity contribution >= 4 is 5.69 Å². The number of benzene rings is 2. The van der Waals surface area contributed by atoms with Crippen molar-refractivity contribution in [3.8, 4) is 11.4 Å². The zero-order chi connectivity index (χ0) is 20.5. The van der Waals surface area contributed by atoms with Crippen LogP contribution >= 0.6 is 0 Å². The first kappa shape index (κ1) is 18.6. The van der Waals surface area contributed by atoms with Gasteiger partial charge < -0.3 is 14.4 Å². The molecule has 0 saturated heterocycles. The van der Waals surface area contributed by atoms with Crippen molar-refractivity contribution in [3.05, 3.63) is 83.8 Å². The van der Waals surface area contributed by atoms with Crippen LogP contribution in [-0.2, 0) is 19.5 Å². The van der Waals surface area contributed by atoms with Gasteiger partial charge in [-0.2, -0.15) is 4.98 Å². The van der Waals surface area contributed by atoms with Gasteiger partial charge in [0.15, 0.2) is 0 Å². The summed E-state index contributed by atoms with van der Waals surface area (Å²) in [5, 5.41) is 4.23. The minimum atomic E-state index is -0.0145. The maximum atomic E-state index is 5.72. The van der Waals surface area contributed by atoms with Gasteiger partial charge in [-0.15, -0.1) is 0 Å². The summed E-state index contributed by atoms with van der Waals surface area (Å²) in [6.45, 7) is 1.55. The third kappa shape index (κ3) is 3.59. The van der Waals surface area contributed by atoms with Gasteiger partial charge in [-0.25, -0.2) is 4.98 Å². The van der Waals surface area contributed by atoms with Gasteiger partial charge in [0.1, 0.15) is 0 Å². The predicted molar refractivity (Wildman–Crippen MR) is 115 cm³/mol. The molecular formula is C23H24N6O. The molecule has 0 radical (unpaired) electrons. The Morgan fingerprint density at radius 2 is 1.90 bits per heavy atom. The molecule has 1 aliphatic heterocycles. The lowest BCUT2D eigenvalue weighted by Gasteiger charge is -2.32. The molecule has 1 atom stereocenters. The molecule has 1 unspecified atom stereocenters. The summed E-state index contributed by atoms with van der Waals surface area (Å²) in [5.41, 5.74) is 5.61. The van der Waals surface area contributed by atoms with E-state index in [9.17, 15) is 0 Å². The molecule has 0 saturated carbocycles. The lowest BCUT2D eigenvalue weighted by Crippen LogP contribution is -2.34. The minimum absolute atomic E-state index is 0.0145. The Morgan fingerprint density at radius 3 is 2.67 bits per heavy atom. The molecule has 3 heterocycles. The molecule has 0 fully saturated rings. The molecule has 0 spiro atoms. The Labute approximate surface area is 175 Å². The molecule has 7 heteroatoms. The van der Waals surface area contributed by atoms with E-state index in [1.54, 1.807) is 6.33 Å². The second kappa shape index (κ2) is 7.76. The highest BCUT2D eigenvalue weighted by molar-refractivity contribution is 5.53. The van der Waals surface area contributed by atoms with Crippen LogP contribution in [0.5, 0.6) is 0 Å². The monoisotopic (exact) mass is 400 g/mol. The van der Waals surface area contributed by atoms with Crippen LogP contribution in [0.2, 0.25) is 0 Å². The van der Waals surface area contributed by atoms with E-state index in [1.807, 2.05) is 30.3 Å². The van der Waals surface area contributed by atoms with Crippen LogP contribution in [0.25, 0.3) is 11.4 Å².